The Morgan fingerprint density at radius 1 is 0.571 bits per heavy atom. The Morgan fingerprint density at radius 3 is 1.38 bits per heavy atom. The lowest BCUT2D eigenvalue weighted by Gasteiger charge is -2.65. The van der Waals surface area contributed by atoms with Crippen LogP contribution in [-0.2, 0) is 42.6 Å². The number of phenolic OH excluding ortho intramolecular Hbond substituents is 2. The summed E-state index contributed by atoms with van der Waals surface area (Å²) in [6, 6.07) is 3.89. The van der Waals surface area contributed by atoms with Crippen molar-refractivity contribution >= 4 is 0 Å². The average molecular weight is 769 g/mol. The molecule has 2 aromatic carbocycles. The number of benzene rings is 2. The van der Waals surface area contributed by atoms with Gasteiger partial charge in [0.05, 0.1) is 48.5 Å². The second-order valence-corrected chi connectivity index (χ2v) is 19.9. The molecule has 4 N–H and O–H groups in total. The predicted octanol–water partition coefficient (Wildman–Crippen LogP) is 3.38. The van der Waals surface area contributed by atoms with Crippen LogP contribution in [0.5, 0.6) is 23.0 Å². The van der Waals surface area contributed by atoms with Crippen LogP contribution in [0, 0.1) is 11.8 Å². The summed E-state index contributed by atoms with van der Waals surface area (Å²) < 4.78 is 39.8. The molecule has 8 atom stereocenters. The van der Waals surface area contributed by atoms with Crippen molar-refractivity contribution in [2.24, 2.45) is 11.8 Å². The lowest BCUT2D eigenvalue weighted by molar-refractivity contribution is -0.297. The molecule has 12 nitrogen and oxygen atoms in total. The molecule has 12 heteroatoms. The van der Waals surface area contributed by atoms with Gasteiger partial charge in [0.1, 0.15) is 0 Å². The number of aliphatic hydroxyl groups is 2. The normalized spacial score (nSPS) is 42.8. The van der Waals surface area contributed by atoms with Crippen molar-refractivity contribution in [1.82, 2.24) is 9.80 Å². The molecule has 6 aliphatic carbocycles. The van der Waals surface area contributed by atoms with Crippen LogP contribution in [0.25, 0.3) is 11.1 Å². The van der Waals surface area contributed by atoms with E-state index in [2.05, 4.69) is 21.9 Å². The summed E-state index contributed by atoms with van der Waals surface area (Å²) >= 11 is 0. The molecule has 4 unspecified atom stereocenters. The molecule has 298 valence electrons. The maximum atomic E-state index is 13.1. The molecule has 4 saturated heterocycles. The fourth-order valence-electron chi connectivity index (χ4n) is 15.0. The molecule has 0 aromatic heterocycles. The number of nitrogens with zero attached hydrogens (tertiary/aromatic N) is 2. The fourth-order valence-corrected chi connectivity index (χ4v) is 15.0. The van der Waals surface area contributed by atoms with Gasteiger partial charge in [-0.25, -0.2) is 0 Å². The van der Waals surface area contributed by atoms with Gasteiger partial charge in [-0.05, 0) is 112 Å². The number of piperidine rings is 2. The maximum Gasteiger partial charge on any atom is 0.207 e. The van der Waals surface area contributed by atoms with Crippen LogP contribution in [-0.4, -0.2) is 130 Å². The van der Waals surface area contributed by atoms with Crippen molar-refractivity contribution in [2.45, 2.75) is 135 Å². The Balaban J connectivity index is 0.959. The van der Waals surface area contributed by atoms with Gasteiger partial charge in [-0.2, -0.15) is 0 Å². The number of hydrogen-bond acceptors (Lipinski definition) is 12. The van der Waals surface area contributed by atoms with E-state index in [0.717, 1.165) is 48.4 Å². The monoisotopic (exact) mass is 768 g/mol. The van der Waals surface area contributed by atoms with Crippen molar-refractivity contribution in [2.75, 3.05) is 52.6 Å². The van der Waals surface area contributed by atoms with Crippen LogP contribution in [0.3, 0.4) is 0 Å². The van der Waals surface area contributed by atoms with Gasteiger partial charge in [-0.3, -0.25) is 9.80 Å². The Kier molecular flexibility index (Phi) is 6.14. The van der Waals surface area contributed by atoms with E-state index in [4.69, 9.17) is 28.4 Å². The standard InChI is InChI=1S/C44H52N2O10/c47-33-27(17-25-19-29-41(49)5-7-43(51-13-14-52-43)37-39(41,31(25)35(33)55-37)9-11-45(29)21-23-1-2-23)28-18-26-20-30-42(50)6-8-44(53-15-16-54-44)38-40(42,32(26)36(56-38)34(28)48)10-12-46(30)22-24-3-4-24/h17-18,23-24,29-30,37-38,47-50H,1-16,19-22H2/t29-,30-,37?,38?,39+,40+,41?,42?/m1/s1. The third kappa shape index (κ3) is 3.63. The fraction of sp³-hybridized carbons (Fsp3) is 0.727. The molecule has 4 spiro atoms. The first-order valence-electron chi connectivity index (χ1n) is 21.8. The molecule has 4 bridgehead atoms. The molecule has 0 amide bonds. The highest BCUT2D eigenvalue weighted by molar-refractivity contribution is 5.86. The zero-order valence-electron chi connectivity index (χ0n) is 31.9. The molecule has 14 rings (SSSR count). The van der Waals surface area contributed by atoms with Gasteiger partial charge in [-0.15, -0.1) is 0 Å². The van der Waals surface area contributed by atoms with E-state index in [1.807, 2.05) is 0 Å². The van der Waals surface area contributed by atoms with Gasteiger partial charge in [0, 0.05) is 60.3 Å². The van der Waals surface area contributed by atoms with E-state index in [1.54, 1.807) is 0 Å². The minimum atomic E-state index is -1.07. The van der Waals surface area contributed by atoms with Crippen LogP contribution < -0.4 is 9.47 Å². The van der Waals surface area contributed by atoms with Gasteiger partial charge in [-0.1, -0.05) is 0 Å². The van der Waals surface area contributed by atoms with E-state index in [1.165, 1.54) is 25.7 Å². The summed E-state index contributed by atoms with van der Waals surface area (Å²) in [5.74, 6) is 0.0236. The minimum absolute atomic E-state index is 0.0419. The van der Waals surface area contributed by atoms with Crippen molar-refractivity contribution in [3.8, 4) is 34.1 Å². The van der Waals surface area contributed by atoms with Gasteiger partial charge in [0.2, 0.25) is 11.6 Å². The van der Waals surface area contributed by atoms with Crippen molar-refractivity contribution in [3.63, 3.8) is 0 Å². The smallest absolute Gasteiger partial charge is 0.207 e. The van der Waals surface area contributed by atoms with Gasteiger partial charge in [0.15, 0.2) is 35.2 Å². The quantitative estimate of drug-likeness (QED) is 0.355. The first-order chi connectivity index (χ1) is 27.1. The Bertz CT molecular complexity index is 1960. The number of ether oxygens (including phenoxy) is 6. The van der Waals surface area contributed by atoms with E-state index < -0.39 is 45.8 Å². The number of fused-ring (bicyclic) bond motifs is 2. The predicted molar refractivity (Wildman–Crippen MR) is 198 cm³/mol. The summed E-state index contributed by atoms with van der Waals surface area (Å²) in [7, 11) is 0. The average Bonchev–Trinajstić information content (AvgIpc) is 3.96. The van der Waals surface area contributed by atoms with Crippen LogP contribution in [0.1, 0.15) is 86.5 Å². The van der Waals surface area contributed by atoms with Crippen molar-refractivity contribution in [3.05, 3.63) is 34.4 Å². The SMILES string of the molecule is Oc1c(-c2cc3c4c(c2O)OC2C5(CCC6(O)[C@@H](C3)N(CC3CC3)CC[C@]426)OCCO5)cc2c3c1OC1C4(CCC5(O)[C@@H](C2)N(CC2CC2)CC[C@]315)OCCO4. The number of rotatable bonds is 5. The second-order valence-electron chi connectivity index (χ2n) is 19.9. The highest BCUT2D eigenvalue weighted by Gasteiger charge is 2.79. The Labute approximate surface area is 325 Å². The molecule has 4 saturated carbocycles. The van der Waals surface area contributed by atoms with Gasteiger partial charge in [0.25, 0.3) is 0 Å². The number of likely N-dealkylation sites (tertiary alicyclic amines) is 2. The van der Waals surface area contributed by atoms with Crippen molar-refractivity contribution < 1.29 is 48.8 Å². The molecule has 56 heavy (non-hydrogen) atoms. The van der Waals surface area contributed by atoms with Crippen LogP contribution >= 0.6 is 0 Å². The number of phenols is 2. The molecule has 0 radical (unpaired) electrons. The molecular weight excluding hydrogens is 716 g/mol. The van der Waals surface area contributed by atoms with Crippen LogP contribution in [0.2, 0.25) is 0 Å². The molecule has 12 aliphatic rings. The number of aromatic hydroxyl groups is 2. The van der Waals surface area contributed by atoms with Crippen LogP contribution in [0.4, 0.5) is 0 Å². The van der Waals surface area contributed by atoms with E-state index >= 15 is 0 Å². The van der Waals surface area contributed by atoms with Gasteiger partial charge >= 0.3 is 0 Å². The molecule has 2 aromatic rings. The topological polar surface area (TPSA) is 143 Å². The summed E-state index contributed by atoms with van der Waals surface area (Å²) in [6.07, 6.45) is 8.45. The Morgan fingerprint density at radius 2 is 0.982 bits per heavy atom. The largest absolute Gasteiger partial charge is 0.504 e. The summed E-state index contributed by atoms with van der Waals surface area (Å²) in [5.41, 5.74) is 1.10. The molecule has 6 aliphatic heterocycles. The van der Waals surface area contributed by atoms with E-state index in [9.17, 15) is 20.4 Å². The van der Waals surface area contributed by atoms with E-state index in [-0.39, 0.29) is 23.6 Å². The van der Waals surface area contributed by atoms with Crippen molar-refractivity contribution in [1.29, 1.82) is 0 Å². The maximum absolute atomic E-state index is 13.1. The minimum Gasteiger partial charge on any atom is -0.504 e. The zero-order valence-corrected chi connectivity index (χ0v) is 31.9. The lowest BCUT2D eigenvalue weighted by Crippen LogP contribution is -2.79. The zero-order chi connectivity index (χ0) is 37.2. The molecule has 8 fully saturated rings. The summed E-state index contributed by atoms with van der Waals surface area (Å²) in [6.45, 7) is 5.51. The van der Waals surface area contributed by atoms with Gasteiger partial charge < -0.3 is 48.8 Å². The highest BCUT2D eigenvalue weighted by atomic mass is 16.8. The first kappa shape index (κ1) is 33.2. The molecule has 6 heterocycles. The summed E-state index contributed by atoms with van der Waals surface area (Å²) in [4.78, 5) is 5.06. The summed E-state index contributed by atoms with van der Waals surface area (Å²) in [5, 5.41) is 51.3. The number of hydrogen-bond donors (Lipinski definition) is 4. The van der Waals surface area contributed by atoms with E-state index in [0.29, 0.717) is 112 Å². The Hall–Kier alpha value is -2.68. The highest BCUT2D eigenvalue weighted by Crippen LogP contribution is 2.72. The first-order valence-corrected chi connectivity index (χ1v) is 21.8. The second kappa shape index (κ2) is 10.4. The lowest BCUT2D eigenvalue weighted by atomic mass is 9.47. The third-order valence-electron chi connectivity index (χ3n) is 17.6. The van der Waals surface area contributed by atoms with Crippen LogP contribution in [0.15, 0.2) is 12.1 Å². The third-order valence-corrected chi connectivity index (χ3v) is 17.6. The molecular formula is C44H52N2O10.